The Hall–Kier alpha value is -1.71. The van der Waals surface area contributed by atoms with Crippen LogP contribution in [0.5, 0.6) is 0 Å². The largest absolute Gasteiger partial charge is 0.456 e. The molecular weight excluding hydrogens is 235 g/mol. The van der Waals surface area contributed by atoms with Crippen LogP contribution in [0, 0.1) is 17.2 Å². The lowest BCUT2D eigenvalue weighted by Gasteiger charge is -2.39. The molecule has 2 atom stereocenters. The van der Waals surface area contributed by atoms with Gasteiger partial charge in [-0.1, -0.05) is 12.1 Å². The van der Waals surface area contributed by atoms with Crippen molar-refractivity contribution in [3.8, 4) is 0 Å². The fraction of sp³-hybridized carbons (Fsp3) is 0.429. The van der Waals surface area contributed by atoms with Gasteiger partial charge in [0.25, 0.3) is 0 Å². The molecule has 0 N–H and O–H groups in total. The summed E-state index contributed by atoms with van der Waals surface area (Å²) < 4.78 is 18.2. The highest BCUT2D eigenvalue weighted by molar-refractivity contribution is 6.03. The van der Waals surface area contributed by atoms with E-state index in [1.807, 2.05) is 0 Å². The van der Waals surface area contributed by atoms with Gasteiger partial charge in [-0.3, -0.25) is 9.59 Å². The molecule has 0 aromatic heterocycles. The zero-order chi connectivity index (χ0) is 13.5. The van der Waals surface area contributed by atoms with Gasteiger partial charge in [0.1, 0.15) is 17.8 Å². The van der Waals surface area contributed by atoms with Gasteiger partial charge in [0, 0.05) is 0 Å². The summed E-state index contributed by atoms with van der Waals surface area (Å²) >= 11 is 0. The van der Waals surface area contributed by atoms with Gasteiger partial charge in [-0.25, -0.2) is 4.39 Å². The molecule has 0 saturated carbocycles. The molecule has 1 aromatic rings. The van der Waals surface area contributed by atoms with Crippen molar-refractivity contribution < 1.29 is 18.7 Å². The van der Waals surface area contributed by atoms with Crippen LogP contribution in [0.4, 0.5) is 4.39 Å². The number of hydrogen-bond acceptors (Lipinski definition) is 3. The summed E-state index contributed by atoms with van der Waals surface area (Å²) in [6.07, 6.45) is -0.658. The maximum atomic E-state index is 12.9. The topological polar surface area (TPSA) is 43.4 Å². The Morgan fingerprint density at radius 3 is 2.28 bits per heavy atom. The zero-order valence-electron chi connectivity index (χ0n) is 10.6. The molecule has 3 nitrogen and oxygen atoms in total. The van der Waals surface area contributed by atoms with Crippen molar-refractivity contribution >= 4 is 11.8 Å². The molecule has 1 fully saturated rings. The van der Waals surface area contributed by atoms with Crippen LogP contribution in [0.3, 0.4) is 0 Å². The molecule has 0 radical (unpaired) electrons. The van der Waals surface area contributed by atoms with E-state index in [1.165, 1.54) is 24.3 Å². The number of Topliss-reactive ketones (excluding diaryl/α,β-unsaturated/α-hetero) is 1. The Labute approximate surface area is 105 Å². The molecule has 0 aliphatic carbocycles. The lowest BCUT2D eigenvalue weighted by Crippen LogP contribution is -2.46. The molecule has 96 valence electrons. The predicted molar refractivity (Wildman–Crippen MR) is 63.2 cm³/mol. The van der Waals surface area contributed by atoms with Gasteiger partial charge in [-0.05, 0) is 38.5 Å². The molecule has 1 saturated heterocycles. The molecule has 1 heterocycles. The van der Waals surface area contributed by atoms with Gasteiger partial charge >= 0.3 is 5.97 Å². The van der Waals surface area contributed by atoms with E-state index in [0.29, 0.717) is 5.56 Å². The summed E-state index contributed by atoms with van der Waals surface area (Å²) in [5.74, 6) is -1.77. The molecule has 18 heavy (non-hydrogen) atoms. The summed E-state index contributed by atoms with van der Waals surface area (Å²) in [6, 6.07) is 5.67. The van der Waals surface area contributed by atoms with Crippen LogP contribution in [0.15, 0.2) is 24.3 Å². The number of esters is 1. The Bertz CT molecular complexity index is 490. The van der Waals surface area contributed by atoms with Crippen LogP contribution in [0.2, 0.25) is 0 Å². The first-order chi connectivity index (χ1) is 8.34. The number of hydrogen-bond donors (Lipinski definition) is 0. The molecule has 0 unspecified atom stereocenters. The van der Waals surface area contributed by atoms with Gasteiger partial charge in [0.2, 0.25) is 0 Å². The second-order valence-corrected chi connectivity index (χ2v) is 5.18. The highest BCUT2D eigenvalue weighted by atomic mass is 19.1. The quantitative estimate of drug-likeness (QED) is 0.568. The minimum atomic E-state index is -0.800. The van der Waals surface area contributed by atoms with E-state index in [1.54, 1.807) is 20.8 Å². The zero-order valence-corrected chi connectivity index (χ0v) is 10.6. The van der Waals surface area contributed by atoms with E-state index >= 15 is 0 Å². The molecular formula is C14H15FO3. The van der Waals surface area contributed by atoms with E-state index in [-0.39, 0.29) is 11.6 Å². The van der Waals surface area contributed by atoms with Crippen molar-refractivity contribution in [3.63, 3.8) is 0 Å². The van der Waals surface area contributed by atoms with E-state index in [0.717, 1.165) is 0 Å². The first kappa shape index (κ1) is 12.7. The minimum Gasteiger partial charge on any atom is -0.456 e. The van der Waals surface area contributed by atoms with Crippen molar-refractivity contribution in [2.45, 2.75) is 26.9 Å². The molecule has 1 aliphatic heterocycles. The SMILES string of the molecule is C[C@@H]1C(=O)O[C@@H](c2ccc(F)cc2)C(C)(C)C1=O. The standard InChI is InChI=1S/C14H15FO3/c1-8-11(16)14(2,3)12(18-13(8)17)9-4-6-10(15)7-5-9/h4-8,12H,1-3H3/t8-,12-/m0/s1. The number of rotatable bonds is 1. The van der Waals surface area contributed by atoms with E-state index in [9.17, 15) is 14.0 Å². The molecule has 1 aromatic carbocycles. The van der Waals surface area contributed by atoms with Crippen LogP contribution in [-0.2, 0) is 14.3 Å². The molecule has 1 aliphatic rings. The molecule has 4 heteroatoms. The highest BCUT2D eigenvalue weighted by Crippen LogP contribution is 2.43. The molecule has 0 spiro atoms. The summed E-state index contributed by atoms with van der Waals surface area (Å²) in [7, 11) is 0. The number of benzene rings is 1. The van der Waals surface area contributed by atoms with Crippen molar-refractivity contribution in [2.24, 2.45) is 11.3 Å². The Balaban J connectivity index is 2.40. The first-order valence-electron chi connectivity index (χ1n) is 5.84. The van der Waals surface area contributed by atoms with Gasteiger partial charge in [-0.2, -0.15) is 0 Å². The average Bonchev–Trinajstić information content (AvgIpc) is 2.33. The maximum Gasteiger partial charge on any atom is 0.316 e. The number of cyclic esters (lactones) is 1. The van der Waals surface area contributed by atoms with Gasteiger partial charge in [0.15, 0.2) is 5.78 Å². The Morgan fingerprint density at radius 1 is 1.17 bits per heavy atom. The third kappa shape index (κ3) is 1.92. The third-order valence-corrected chi connectivity index (χ3v) is 3.44. The van der Waals surface area contributed by atoms with Crippen LogP contribution in [0.25, 0.3) is 0 Å². The fourth-order valence-electron chi connectivity index (χ4n) is 2.28. The van der Waals surface area contributed by atoms with Crippen molar-refractivity contribution in [1.82, 2.24) is 0 Å². The fourth-order valence-corrected chi connectivity index (χ4v) is 2.28. The number of halogens is 1. The van der Waals surface area contributed by atoms with Crippen molar-refractivity contribution in [2.75, 3.05) is 0 Å². The number of carbonyl (C=O) groups is 2. The molecule has 0 bridgehead atoms. The Morgan fingerprint density at radius 2 is 1.72 bits per heavy atom. The second-order valence-electron chi connectivity index (χ2n) is 5.18. The number of ether oxygens (including phenoxy) is 1. The summed E-state index contributed by atoms with van der Waals surface area (Å²) in [5.41, 5.74) is -0.166. The number of ketones is 1. The summed E-state index contributed by atoms with van der Waals surface area (Å²) in [6.45, 7) is 5.03. The van der Waals surface area contributed by atoms with Crippen LogP contribution in [0.1, 0.15) is 32.4 Å². The third-order valence-electron chi connectivity index (χ3n) is 3.44. The van der Waals surface area contributed by atoms with E-state index in [4.69, 9.17) is 4.74 Å². The van der Waals surface area contributed by atoms with Crippen LogP contribution in [-0.4, -0.2) is 11.8 Å². The van der Waals surface area contributed by atoms with Gasteiger partial charge < -0.3 is 4.74 Å². The Kier molecular flexibility index (Phi) is 2.97. The smallest absolute Gasteiger partial charge is 0.316 e. The highest BCUT2D eigenvalue weighted by Gasteiger charge is 2.49. The lowest BCUT2D eigenvalue weighted by atomic mass is 9.73. The second kappa shape index (κ2) is 4.19. The predicted octanol–water partition coefficient (Wildman–Crippen LogP) is 2.66. The van der Waals surface area contributed by atoms with Crippen LogP contribution >= 0.6 is 0 Å². The summed E-state index contributed by atoms with van der Waals surface area (Å²) in [5, 5.41) is 0. The summed E-state index contributed by atoms with van der Waals surface area (Å²) in [4.78, 5) is 23.8. The maximum absolute atomic E-state index is 12.9. The average molecular weight is 250 g/mol. The normalized spacial score (nSPS) is 26.9. The van der Waals surface area contributed by atoms with Crippen molar-refractivity contribution in [3.05, 3.63) is 35.6 Å². The molecule has 0 amide bonds. The van der Waals surface area contributed by atoms with Crippen molar-refractivity contribution in [1.29, 1.82) is 0 Å². The van der Waals surface area contributed by atoms with E-state index < -0.39 is 23.4 Å². The molecule has 2 rings (SSSR count). The van der Waals surface area contributed by atoms with Gasteiger partial charge in [-0.15, -0.1) is 0 Å². The van der Waals surface area contributed by atoms with Crippen LogP contribution < -0.4 is 0 Å². The monoisotopic (exact) mass is 250 g/mol. The number of carbonyl (C=O) groups excluding carboxylic acids is 2. The first-order valence-corrected chi connectivity index (χ1v) is 5.84. The van der Waals surface area contributed by atoms with E-state index in [2.05, 4.69) is 0 Å². The van der Waals surface area contributed by atoms with Gasteiger partial charge in [0.05, 0.1) is 5.41 Å². The minimum absolute atomic E-state index is 0.145. The lowest BCUT2D eigenvalue weighted by molar-refractivity contribution is -0.177.